The Bertz CT molecular complexity index is 2820. The molecular formula is C56H53Cl4N3O6. The zero-order valence-corrected chi connectivity index (χ0v) is 42.0. The summed E-state index contributed by atoms with van der Waals surface area (Å²) < 4.78 is 0. The molecule has 9 nitrogen and oxygen atoms in total. The molecule has 0 aromatic heterocycles. The van der Waals surface area contributed by atoms with Gasteiger partial charge in [-0.25, -0.2) is 0 Å². The zero-order valence-electron chi connectivity index (χ0n) is 39.0. The Hall–Kier alpha value is -6.10. The number of nitrogens with zero attached hydrogens (tertiary/aromatic N) is 3. The van der Waals surface area contributed by atoms with E-state index in [4.69, 9.17) is 46.4 Å². The molecule has 6 rings (SSSR count). The Morgan fingerprint density at radius 2 is 0.855 bits per heavy atom. The van der Waals surface area contributed by atoms with Crippen LogP contribution in [0.2, 0.25) is 5.02 Å². The first-order valence-corrected chi connectivity index (χ1v) is 24.0. The number of anilines is 3. The summed E-state index contributed by atoms with van der Waals surface area (Å²) >= 11 is 28.8. The van der Waals surface area contributed by atoms with Crippen LogP contribution in [-0.4, -0.2) is 69.8 Å². The lowest BCUT2D eigenvalue weighted by atomic mass is 9.76. The number of benzene rings is 6. The number of alkyl halides is 3. The Labute approximate surface area is 423 Å². The van der Waals surface area contributed by atoms with E-state index in [9.17, 15) is 14.4 Å². The van der Waals surface area contributed by atoms with E-state index in [1.165, 1.54) is 28.5 Å². The summed E-state index contributed by atoms with van der Waals surface area (Å²) in [6.07, 6.45) is 0.0145. The third kappa shape index (κ3) is 12.2. The first-order valence-electron chi connectivity index (χ1n) is 22.5. The topological polar surface area (TPSA) is 112 Å². The van der Waals surface area contributed by atoms with Crippen molar-refractivity contribution < 1.29 is 28.8 Å². The molecule has 0 saturated heterocycles. The summed E-state index contributed by atoms with van der Waals surface area (Å²) in [6, 6.07) is 44.3. The second-order valence-corrected chi connectivity index (χ2v) is 19.7. The third-order valence-electron chi connectivity index (χ3n) is 12.4. The van der Waals surface area contributed by atoms with E-state index in [2.05, 4.69) is 0 Å². The lowest BCUT2D eigenvalue weighted by Crippen LogP contribution is -2.60. The predicted molar refractivity (Wildman–Crippen MR) is 279 cm³/mol. The molecular weight excluding hydrogens is 952 g/mol. The minimum absolute atomic E-state index is 0.275. The molecule has 3 amide bonds. The number of carbonyl (C=O) groups is 6. The summed E-state index contributed by atoms with van der Waals surface area (Å²) in [5.74, 6) is -5.07. The zero-order chi connectivity index (χ0) is 50.0. The van der Waals surface area contributed by atoms with E-state index in [0.29, 0.717) is 50.8 Å². The van der Waals surface area contributed by atoms with Gasteiger partial charge < -0.3 is 14.7 Å². The van der Waals surface area contributed by atoms with Crippen molar-refractivity contribution in [1.82, 2.24) is 0 Å². The number of aryl methyl sites for hydroxylation is 3. The third-order valence-corrected chi connectivity index (χ3v) is 13.8. The summed E-state index contributed by atoms with van der Waals surface area (Å²) in [6.45, 7) is 6.93. The summed E-state index contributed by atoms with van der Waals surface area (Å²) in [5.41, 5.74) is 4.20. The molecule has 4 atom stereocenters. The van der Waals surface area contributed by atoms with Crippen LogP contribution < -0.4 is 14.7 Å². The van der Waals surface area contributed by atoms with Gasteiger partial charge in [-0.1, -0.05) is 134 Å². The predicted octanol–water partition coefficient (Wildman–Crippen LogP) is 12.2. The van der Waals surface area contributed by atoms with E-state index >= 15 is 14.4 Å². The molecule has 0 saturated carbocycles. The van der Waals surface area contributed by atoms with Gasteiger partial charge in [0.1, 0.15) is 15.1 Å². The number of hydrogen-bond acceptors (Lipinski definition) is 6. The molecule has 6 aromatic rings. The molecule has 0 aliphatic heterocycles. The van der Waals surface area contributed by atoms with Gasteiger partial charge in [-0.05, 0) is 99.7 Å². The van der Waals surface area contributed by atoms with Gasteiger partial charge in [0.25, 0.3) is 0 Å². The Morgan fingerprint density at radius 1 is 0.493 bits per heavy atom. The van der Waals surface area contributed by atoms with Gasteiger partial charge in [-0.2, -0.15) is 0 Å². The van der Waals surface area contributed by atoms with Gasteiger partial charge >= 0.3 is 0 Å². The molecule has 4 unspecified atom stereocenters. The normalized spacial score (nSPS) is 13.8. The maximum absolute atomic E-state index is 15.6. The standard InChI is InChI=1S/C56H53Cl4N3O6/c1-6-39-21-15-18-28-47(39)61(34-48(64)40-22-9-7-10-23-40)52(67)44(58)33-51(55(4,59)53(68)62(45-26-16-13-19-37(45)2)35-49(65)41-24-11-8-12-25-41)56(5,60)54(69)63(46-27-17-14-20-38(46)3)36-50(66)42-29-31-43(57)32-30-42/h7-32,44,51H,6,33-36H2,1-5H3. The fraction of sp³-hybridized carbons (Fsp3) is 0.250. The Kier molecular flexibility index (Phi) is 17.4. The number of para-hydroxylation sites is 3. The first kappa shape index (κ1) is 52.3. The molecule has 356 valence electrons. The van der Waals surface area contributed by atoms with Crippen LogP contribution in [0.25, 0.3) is 0 Å². The molecule has 0 spiro atoms. The molecule has 0 aliphatic carbocycles. The van der Waals surface area contributed by atoms with Crippen LogP contribution in [0.15, 0.2) is 158 Å². The van der Waals surface area contributed by atoms with E-state index in [1.54, 1.807) is 159 Å². The summed E-state index contributed by atoms with van der Waals surface area (Å²) in [5, 5.41) is -1.14. The largest absolute Gasteiger partial charge is 0.303 e. The number of rotatable bonds is 20. The van der Waals surface area contributed by atoms with Gasteiger partial charge in [-0.3, -0.25) is 28.8 Å². The lowest BCUT2D eigenvalue weighted by molar-refractivity contribution is -0.127. The van der Waals surface area contributed by atoms with Crippen molar-refractivity contribution in [3.8, 4) is 0 Å². The monoisotopic (exact) mass is 1000 g/mol. The van der Waals surface area contributed by atoms with Crippen LogP contribution in [0.4, 0.5) is 17.1 Å². The van der Waals surface area contributed by atoms with Crippen molar-refractivity contribution in [2.24, 2.45) is 5.92 Å². The lowest BCUT2D eigenvalue weighted by Gasteiger charge is -2.44. The summed E-state index contributed by atoms with van der Waals surface area (Å²) in [4.78, 5) is 87.7. The molecule has 0 aliphatic rings. The average Bonchev–Trinajstić information content (AvgIpc) is 3.36. The van der Waals surface area contributed by atoms with Crippen molar-refractivity contribution in [1.29, 1.82) is 0 Å². The maximum atomic E-state index is 15.6. The molecule has 6 aromatic carbocycles. The van der Waals surface area contributed by atoms with Gasteiger partial charge in [0.2, 0.25) is 17.7 Å². The van der Waals surface area contributed by atoms with E-state index in [1.807, 2.05) is 19.1 Å². The highest BCUT2D eigenvalue weighted by atomic mass is 35.5. The Balaban J connectivity index is 1.49. The van der Waals surface area contributed by atoms with Crippen LogP contribution >= 0.6 is 46.4 Å². The average molecular weight is 1010 g/mol. The van der Waals surface area contributed by atoms with Crippen LogP contribution in [0, 0.1) is 19.8 Å². The van der Waals surface area contributed by atoms with Crippen molar-refractivity contribution in [3.63, 3.8) is 0 Å². The molecule has 0 radical (unpaired) electrons. The second-order valence-electron chi connectivity index (χ2n) is 17.2. The van der Waals surface area contributed by atoms with Crippen molar-refractivity contribution in [3.05, 3.63) is 196 Å². The van der Waals surface area contributed by atoms with Crippen LogP contribution in [0.5, 0.6) is 0 Å². The highest BCUT2D eigenvalue weighted by molar-refractivity contribution is 6.42. The minimum Gasteiger partial charge on any atom is -0.303 e. The van der Waals surface area contributed by atoms with E-state index in [0.717, 1.165) is 5.56 Å². The number of hydrogen-bond donors (Lipinski definition) is 0. The van der Waals surface area contributed by atoms with Gasteiger partial charge in [0.15, 0.2) is 17.3 Å². The van der Waals surface area contributed by atoms with E-state index < -0.39 is 76.4 Å². The quantitative estimate of drug-likeness (QED) is 0.0556. The number of Topliss-reactive ketones (excluding diaryl/α,β-unsaturated/α-hetero) is 3. The number of amides is 3. The van der Waals surface area contributed by atoms with Gasteiger partial charge in [0, 0.05) is 44.7 Å². The summed E-state index contributed by atoms with van der Waals surface area (Å²) in [7, 11) is 0. The van der Waals surface area contributed by atoms with Crippen molar-refractivity contribution in [2.45, 2.75) is 62.6 Å². The smallest absolute Gasteiger partial charge is 0.248 e. The Morgan fingerprint density at radius 3 is 1.28 bits per heavy atom. The number of ketones is 3. The molecule has 0 heterocycles. The van der Waals surface area contributed by atoms with Crippen molar-refractivity contribution >= 4 is 98.5 Å². The van der Waals surface area contributed by atoms with Crippen LogP contribution in [0.1, 0.15) is 75.0 Å². The van der Waals surface area contributed by atoms with Crippen LogP contribution in [-0.2, 0) is 20.8 Å². The minimum atomic E-state index is -2.21. The molecule has 13 heteroatoms. The van der Waals surface area contributed by atoms with E-state index in [-0.39, 0.29) is 11.3 Å². The molecule has 69 heavy (non-hydrogen) atoms. The fourth-order valence-corrected chi connectivity index (χ4v) is 9.76. The molecule has 0 N–H and O–H groups in total. The maximum Gasteiger partial charge on any atom is 0.248 e. The van der Waals surface area contributed by atoms with Gasteiger partial charge in [0.05, 0.1) is 19.6 Å². The highest BCUT2D eigenvalue weighted by Crippen LogP contribution is 2.46. The fourth-order valence-electron chi connectivity index (χ4n) is 8.46. The first-order chi connectivity index (χ1) is 32.9. The molecule has 0 fully saturated rings. The van der Waals surface area contributed by atoms with Crippen molar-refractivity contribution in [2.75, 3.05) is 34.3 Å². The second kappa shape index (κ2) is 23.0. The highest BCUT2D eigenvalue weighted by Gasteiger charge is 2.56. The number of carbonyl (C=O) groups excluding carboxylic acids is 6. The molecule has 0 bridgehead atoms. The van der Waals surface area contributed by atoms with Crippen LogP contribution in [0.3, 0.4) is 0 Å². The number of halogens is 4. The SMILES string of the molecule is CCc1ccccc1N(CC(=O)c1ccccc1)C(=O)C(Cl)CC(C(C)(Cl)C(=O)N(CC(=O)c1ccccc1)c1ccccc1C)C(C)(Cl)C(=O)N(CC(=O)c1ccc(Cl)cc1)c1ccccc1C. The van der Waals surface area contributed by atoms with Gasteiger partial charge in [-0.15, -0.1) is 34.8 Å².